The maximum absolute atomic E-state index is 11.3. The van der Waals surface area contributed by atoms with E-state index in [1.807, 2.05) is 0 Å². The molecule has 4 heteroatoms. The van der Waals surface area contributed by atoms with Crippen molar-refractivity contribution in [3.63, 3.8) is 0 Å². The van der Waals surface area contributed by atoms with Gasteiger partial charge in [-0.05, 0) is 19.2 Å². The molecule has 0 saturated heterocycles. The minimum Gasteiger partial charge on any atom is -0.464 e. The summed E-state index contributed by atoms with van der Waals surface area (Å²) in [6, 6.07) is 3.47. The molecule has 0 aliphatic carbocycles. The molecule has 15 heavy (non-hydrogen) atoms. The molecule has 1 N–H and O–H groups in total. The van der Waals surface area contributed by atoms with Crippen molar-refractivity contribution >= 4 is 5.97 Å². The molecule has 0 fully saturated rings. The summed E-state index contributed by atoms with van der Waals surface area (Å²) in [7, 11) is 3.13. The van der Waals surface area contributed by atoms with Crippen LogP contribution in [0.1, 0.15) is 16.1 Å². The molecule has 0 aliphatic rings. The molecule has 0 spiro atoms. The van der Waals surface area contributed by atoms with E-state index < -0.39 is 5.97 Å². The summed E-state index contributed by atoms with van der Waals surface area (Å²) in [6.45, 7) is 0.565. The topological polar surface area (TPSA) is 51.2 Å². The fourth-order valence-electron chi connectivity index (χ4n) is 0.993. The van der Waals surface area contributed by atoms with Gasteiger partial charge in [-0.15, -0.1) is 0 Å². The standard InChI is InChI=1S/C11H12N2O2/c1-12-7-3-5-9-6-4-8-13-10(9)11(14)15-2/h4,6,8,12H,7H2,1-2H3. The highest BCUT2D eigenvalue weighted by Gasteiger charge is 2.10. The van der Waals surface area contributed by atoms with E-state index in [4.69, 9.17) is 0 Å². The number of carbonyl (C=O) groups excluding carboxylic acids is 1. The normalized spacial score (nSPS) is 8.93. The molecule has 1 aromatic rings. The van der Waals surface area contributed by atoms with Crippen LogP contribution in [0.4, 0.5) is 0 Å². The molecule has 78 valence electrons. The third-order valence-electron chi connectivity index (χ3n) is 1.67. The average Bonchev–Trinajstić information content (AvgIpc) is 2.29. The number of nitrogens with one attached hydrogen (secondary N) is 1. The highest BCUT2D eigenvalue weighted by molar-refractivity contribution is 5.89. The van der Waals surface area contributed by atoms with Crippen molar-refractivity contribution in [2.24, 2.45) is 0 Å². The van der Waals surface area contributed by atoms with Crippen LogP contribution in [0.25, 0.3) is 0 Å². The van der Waals surface area contributed by atoms with Crippen molar-refractivity contribution in [1.82, 2.24) is 10.3 Å². The Kier molecular flexibility index (Phi) is 4.32. The lowest BCUT2D eigenvalue weighted by atomic mass is 10.2. The molecular formula is C11H12N2O2. The van der Waals surface area contributed by atoms with E-state index in [0.29, 0.717) is 12.1 Å². The summed E-state index contributed by atoms with van der Waals surface area (Å²) in [5.74, 6) is 5.25. The number of ether oxygens (including phenoxy) is 1. The van der Waals surface area contributed by atoms with Gasteiger partial charge in [0.2, 0.25) is 0 Å². The lowest BCUT2D eigenvalue weighted by Gasteiger charge is -1.99. The van der Waals surface area contributed by atoms with Crippen molar-refractivity contribution in [3.05, 3.63) is 29.6 Å². The van der Waals surface area contributed by atoms with Crippen LogP contribution in [0.5, 0.6) is 0 Å². The molecule has 1 aromatic heterocycles. The number of carbonyl (C=O) groups is 1. The van der Waals surface area contributed by atoms with E-state index in [1.54, 1.807) is 19.2 Å². The van der Waals surface area contributed by atoms with Crippen molar-refractivity contribution < 1.29 is 9.53 Å². The van der Waals surface area contributed by atoms with Crippen molar-refractivity contribution in [2.45, 2.75) is 0 Å². The van der Waals surface area contributed by atoms with Crippen LogP contribution in [-0.4, -0.2) is 31.7 Å². The first-order chi connectivity index (χ1) is 7.29. The van der Waals surface area contributed by atoms with Gasteiger partial charge < -0.3 is 10.1 Å². The number of hydrogen-bond donors (Lipinski definition) is 1. The first-order valence-corrected chi connectivity index (χ1v) is 4.46. The van der Waals surface area contributed by atoms with Crippen LogP contribution < -0.4 is 5.32 Å². The van der Waals surface area contributed by atoms with Crippen molar-refractivity contribution in [2.75, 3.05) is 20.7 Å². The van der Waals surface area contributed by atoms with E-state index in [-0.39, 0.29) is 5.69 Å². The summed E-state index contributed by atoms with van der Waals surface area (Å²) in [6.07, 6.45) is 1.54. The zero-order chi connectivity index (χ0) is 11.1. The molecule has 0 saturated carbocycles. The monoisotopic (exact) mass is 204 g/mol. The Balaban J connectivity index is 2.98. The Bertz CT molecular complexity index is 405. The molecule has 0 aliphatic heterocycles. The lowest BCUT2D eigenvalue weighted by Crippen LogP contribution is -2.07. The van der Waals surface area contributed by atoms with Gasteiger partial charge in [0.25, 0.3) is 0 Å². The van der Waals surface area contributed by atoms with E-state index in [2.05, 4.69) is 26.9 Å². The average molecular weight is 204 g/mol. The van der Waals surface area contributed by atoms with Crippen molar-refractivity contribution in [3.8, 4) is 11.8 Å². The third kappa shape index (κ3) is 3.08. The number of nitrogens with zero attached hydrogens (tertiary/aromatic N) is 1. The number of aromatic nitrogens is 1. The zero-order valence-corrected chi connectivity index (χ0v) is 8.70. The molecule has 0 radical (unpaired) electrons. The quantitative estimate of drug-likeness (QED) is 0.561. The van der Waals surface area contributed by atoms with Gasteiger partial charge in [0, 0.05) is 6.20 Å². The maximum atomic E-state index is 11.3. The minimum absolute atomic E-state index is 0.253. The maximum Gasteiger partial charge on any atom is 0.357 e. The first kappa shape index (κ1) is 11.2. The van der Waals surface area contributed by atoms with Crippen LogP contribution in [-0.2, 0) is 4.74 Å². The van der Waals surface area contributed by atoms with Crippen molar-refractivity contribution in [1.29, 1.82) is 0 Å². The number of rotatable bonds is 2. The number of methoxy groups -OCH3 is 1. The predicted molar refractivity (Wildman–Crippen MR) is 56.4 cm³/mol. The van der Waals surface area contributed by atoms with Crippen LogP contribution in [0, 0.1) is 11.8 Å². The SMILES string of the molecule is CNCC#Cc1cccnc1C(=O)OC. The largest absolute Gasteiger partial charge is 0.464 e. The summed E-state index contributed by atoms with van der Waals surface area (Å²) in [4.78, 5) is 15.2. The van der Waals surface area contributed by atoms with Gasteiger partial charge in [0.1, 0.15) is 0 Å². The number of hydrogen-bond acceptors (Lipinski definition) is 4. The smallest absolute Gasteiger partial charge is 0.357 e. The second kappa shape index (κ2) is 5.78. The van der Waals surface area contributed by atoms with Gasteiger partial charge in [-0.1, -0.05) is 11.8 Å². The second-order valence-corrected chi connectivity index (χ2v) is 2.72. The fourth-order valence-corrected chi connectivity index (χ4v) is 0.993. The Morgan fingerprint density at radius 2 is 2.47 bits per heavy atom. The van der Waals surface area contributed by atoms with Crippen LogP contribution in [0.3, 0.4) is 0 Å². The summed E-state index contributed by atoms with van der Waals surface area (Å²) in [5.41, 5.74) is 0.836. The fraction of sp³-hybridized carbons (Fsp3) is 0.273. The number of esters is 1. The van der Waals surface area contributed by atoms with E-state index >= 15 is 0 Å². The Labute approximate surface area is 88.7 Å². The van der Waals surface area contributed by atoms with E-state index in [1.165, 1.54) is 13.3 Å². The lowest BCUT2D eigenvalue weighted by molar-refractivity contribution is 0.0593. The Morgan fingerprint density at radius 3 is 3.13 bits per heavy atom. The van der Waals surface area contributed by atoms with Gasteiger partial charge >= 0.3 is 5.97 Å². The summed E-state index contributed by atoms with van der Waals surface area (Å²) < 4.78 is 4.60. The minimum atomic E-state index is -0.468. The van der Waals surface area contributed by atoms with E-state index in [9.17, 15) is 4.79 Å². The first-order valence-electron chi connectivity index (χ1n) is 4.46. The van der Waals surface area contributed by atoms with Crippen LogP contribution >= 0.6 is 0 Å². The van der Waals surface area contributed by atoms with Gasteiger partial charge in [-0.3, -0.25) is 0 Å². The molecule has 0 atom stereocenters. The Morgan fingerprint density at radius 1 is 1.67 bits per heavy atom. The molecule has 1 rings (SSSR count). The summed E-state index contributed by atoms with van der Waals surface area (Å²) in [5, 5.41) is 2.89. The van der Waals surface area contributed by atoms with Crippen LogP contribution in [0.2, 0.25) is 0 Å². The molecule has 0 bridgehead atoms. The second-order valence-electron chi connectivity index (χ2n) is 2.72. The predicted octanol–water partition coefficient (Wildman–Crippen LogP) is 0.439. The van der Waals surface area contributed by atoms with Crippen LogP contribution in [0.15, 0.2) is 18.3 Å². The van der Waals surface area contributed by atoms with Gasteiger partial charge in [-0.25, -0.2) is 9.78 Å². The van der Waals surface area contributed by atoms with E-state index in [0.717, 1.165) is 0 Å². The Hall–Kier alpha value is -1.86. The zero-order valence-electron chi connectivity index (χ0n) is 8.70. The molecule has 0 unspecified atom stereocenters. The molecular weight excluding hydrogens is 192 g/mol. The van der Waals surface area contributed by atoms with Gasteiger partial charge in [0.05, 0.1) is 19.2 Å². The highest BCUT2D eigenvalue weighted by atomic mass is 16.5. The summed E-state index contributed by atoms with van der Waals surface area (Å²) >= 11 is 0. The van der Waals surface area contributed by atoms with Gasteiger partial charge in [-0.2, -0.15) is 0 Å². The number of pyridine rings is 1. The highest BCUT2D eigenvalue weighted by Crippen LogP contribution is 2.04. The molecule has 1 heterocycles. The third-order valence-corrected chi connectivity index (χ3v) is 1.67. The molecule has 0 amide bonds. The molecule has 4 nitrogen and oxygen atoms in total. The van der Waals surface area contributed by atoms with Gasteiger partial charge in [0.15, 0.2) is 5.69 Å². The molecule has 0 aromatic carbocycles.